The molecule has 4 rings (SSSR count). The highest BCUT2D eigenvalue weighted by molar-refractivity contribution is 5.25. The molecule has 5 unspecified atom stereocenters. The maximum absolute atomic E-state index is 6.23. The Kier molecular flexibility index (Phi) is 6.29. The first-order chi connectivity index (χ1) is 13.7. The Morgan fingerprint density at radius 3 is 2.52 bits per heavy atom. The van der Waals surface area contributed by atoms with Crippen molar-refractivity contribution in [2.45, 2.75) is 124 Å². The largest absolute Gasteiger partial charge is 0.375 e. The summed E-state index contributed by atoms with van der Waals surface area (Å²) in [5.74, 6) is 4.76. The molecule has 7 atom stereocenters. The van der Waals surface area contributed by atoms with Crippen molar-refractivity contribution in [3.63, 3.8) is 0 Å². The van der Waals surface area contributed by atoms with Crippen LogP contribution in [-0.2, 0) is 4.74 Å². The average molecular weight is 401 g/mol. The van der Waals surface area contributed by atoms with Crippen LogP contribution in [0.3, 0.4) is 0 Å². The van der Waals surface area contributed by atoms with Gasteiger partial charge in [-0.05, 0) is 112 Å². The molecule has 3 saturated carbocycles. The molecule has 0 aromatic heterocycles. The van der Waals surface area contributed by atoms with E-state index >= 15 is 0 Å². The van der Waals surface area contributed by atoms with Crippen LogP contribution >= 0.6 is 0 Å². The van der Waals surface area contributed by atoms with Crippen molar-refractivity contribution < 1.29 is 4.74 Å². The summed E-state index contributed by atoms with van der Waals surface area (Å²) in [5, 5.41) is 0. The predicted octanol–water partition coefficient (Wildman–Crippen LogP) is 8.19. The Morgan fingerprint density at radius 1 is 1.00 bits per heavy atom. The molecule has 0 saturated heterocycles. The van der Waals surface area contributed by atoms with Gasteiger partial charge in [-0.25, -0.2) is 0 Å². The molecule has 4 aliphatic carbocycles. The first kappa shape index (κ1) is 21.9. The van der Waals surface area contributed by atoms with Gasteiger partial charge in [-0.15, -0.1) is 0 Å². The fraction of sp³-hybridized carbons (Fsp3) is 0.929. The SMILES string of the molecule is CC(C)CCCC1CCC2C3CC=C4CC(OC(C)C)CC[C@]4(C)C3CC[C@]12C. The van der Waals surface area contributed by atoms with E-state index in [0.29, 0.717) is 23.0 Å². The van der Waals surface area contributed by atoms with E-state index in [0.717, 1.165) is 29.6 Å². The summed E-state index contributed by atoms with van der Waals surface area (Å²) in [7, 11) is 0. The molecule has 1 heteroatoms. The van der Waals surface area contributed by atoms with E-state index in [2.05, 4.69) is 47.6 Å². The van der Waals surface area contributed by atoms with Gasteiger partial charge in [-0.2, -0.15) is 0 Å². The van der Waals surface area contributed by atoms with Gasteiger partial charge < -0.3 is 4.74 Å². The highest BCUT2D eigenvalue weighted by atomic mass is 16.5. The van der Waals surface area contributed by atoms with Crippen LogP contribution in [0, 0.1) is 40.4 Å². The number of hydrogen-bond donors (Lipinski definition) is 0. The van der Waals surface area contributed by atoms with E-state index in [9.17, 15) is 0 Å². The van der Waals surface area contributed by atoms with Gasteiger partial charge in [0.25, 0.3) is 0 Å². The summed E-state index contributed by atoms with van der Waals surface area (Å²) in [5.41, 5.74) is 2.87. The Labute approximate surface area is 181 Å². The zero-order valence-electron chi connectivity index (χ0n) is 20.3. The van der Waals surface area contributed by atoms with Gasteiger partial charge in [0, 0.05) is 0 Å². The Bertz CT molecular complexity index is 603. The second-order valence-corrected chi connectivity index (χ2v) is 12.5. The van der Waals surface area contributed by atoms with Crippen LogP contribution in [0.1, 0.15) is 112 Å². The molecule has 0 aromatic rings. The van der Waals surface area contributed by atoms with Crippen LogP contribution in [-0.4, -0.2) is 12.2 Å². The van der Waals surface area contributed by atoms with Crippen molar-refractivity contribution in [2.75, 3.05) is 0 Å². The van der Waals surface area contributed by atoms with E-state index in [-0.39, 0.29) is 0 Å². The lowest BCUT2D eigenvalue weighted by Crippen LogP contribution is -2.50. The smallest absolute Gasteiger partial charge is 0.0616 e. The van der Waals surface area contributed by atoms with E-state index in [1.54, 1.807) is 5.57 Å². The molecule has 0 radical (unpaired) electrons. The summed E-state index contributed by atoms with van der Waals surface area (Å²) >= 11 is 0. The van der Waals surface area contributed by atoms with Crippen molar-refractivity contribution in [1.82, 2.24) is 0 Å². The summed E-state index contributed by atoms with van der Waals surface area (Å²) in [6, 6.07) is 0. The predicted molar refractivity (Wildman–Crippen MR) is 124 cm³/mol. The summed E-state index contributed by atoms with van der Waals surface area (Å²) < 4.78 is 6.23. The molecular weight excluding hydrogens is 352 g/mol. The van der Waals surface area contributed by atoms with E-state index in [1.807, 2.05) is 0 Å². The van der Waals surface area contributed by atoms with Crippen molar-refractivity contribution in [1.29, 1.82) is 0 Å². The standard InChI is InChI=1S/C28H48O/c1-19(2)8-7-9-21-11-13-25-24-12-10-22-18-23(29-20(3)4)14-16-28(22,6)26(24)15-17-27(21,25)5/h10,19-21,23-26H,7-9,11-18H2,1-6H3/t21?,23?,24?,25?,26?,27-,28+/m1/s1. The second kappa shape index (κ2) is 8.33. The number of hydrogen-bond acceptors (Lipinski definition) is 1. The lowest BCUT2D eigenvalue weighted by molar-refractivity contribution is -0.0668. The van der Waals surface area contributed by atoms with Crippen LogP contribution < -0.4 is 0 Å². The quantitative estimate of drug-likeness (QED) is 0.408. The molecule has 0 aromatic carbocycles. The third-order valence-corrected chi connectivity index (χ3v) is 10.1. The van der Waals surface area contributed by atoms with Crippen LogP contribution in [0.4, 0.5) is 0 Å². The fourth-order valence-electron chi connectivity index (χ4n) is 8.48. The minimum Gasteiger partial charge on any atom is -0.375 e. The molecule has 0 spiro atoms. The number of allylic oxidation sites excluding steroid dienone is 1. The molecule has 3 fully saturated rings. The van der Waals surface area contributed by atoms with Crippen molar-refractivity contribution in [3.8, 4) is 0 Å². The minimum atomic E-state index is 0.364. The van der Waals surface area contributed by atoms with Gasteiger partial charge in [0.05, 0.1) is 12.2 Å². The van der Waals surface area contributed by atoms with Gasteiger partial charge >= 0.3 is 0 Å². The van der Waals surface area contributed by atoms with Crippen molar-refractivity contribution >= 4 is 0 Å². The summed E-state index contributed by atoms with van der Waals surface area (Å²) in [6.07, 6.45) is 19.1. The molecule has 0 amide bonds. The van der Waals surface area contributed by atoms with Crippen molar-refractivity contribution in [3.05, 3.63) is 11.6 Å². The van der Waals surface area contributed by atoms with E-state index < -0.39 is 0 Å². The third kappa shape index (κ3) is 3.99. The van der Waals surface area contributed by atoms with E-state index in [1.165, 1.54) is 70.6 Å². The molecule has 0 aliphatic heterocycles. The molecule has 1 nitrogen and oxygen atoms in total. The van der Waals surface area contributed by atoms with Crippen molar-refractivity contribution in [2.24, 2.45) is 40.4 Å². The zero-order chi connectivity index (χ0) is 20.8. The molecule has 0 bridgehead atoms. The van der Waals surface area contributed by atoms with Gasteiger partial charge in [0.2, 0.25) is 0 Å². The van der Waals surface area contributed by atoms with Crippen LogP contribution in [0.5, 0.6) is 0 Å². The molecule has 166 valence electrons. The Morgan fingerprint density at radius 2 is 1.79 bits per heavy atom. The van der Waals surface area contributed by atoms with Crippen LogP contribution in [0.2, 0.25) is 0 Å². The van der Waals surface area contributed by atoms with Gasteiger partial charge in [-0.1, -0.05) is 52.2 Å². The highest BCUT2D eigenvalue weighted by Crippen LogP contribution is 2.66. The molecule has 0 heterocycles. The first-order valence-corrected chi connectivity index (χ1v) is 13.1. The maximum Gasteiger partial charge on any atom is 0.0616 e. The monoisotopic (exact) mass is 400 g/mol. The molecule has 4 aliphatic rings. The molecular formula is C28H48O. The molecule has 29 heavy (non-hydrogen) atoms. The molecule has 0 N–H and O–H groups in total. The third-order valence-electron chi connectivity index (χ3n) is 10.1. The number of rotatable bonds is 6. The first-order valence-electron chi connectivity index (χ1n) is 13.1. The van der Waals surface area contributed by atoms with Crippen LogP contribution in [0.25, 0.3) is 0 Å². The van der Waals surface area contributed by atoms with Gasteiger partial charge in [0.1, 0.15) is 0 Å². The zero-order valence-corrected chi connectivity index (χ0v) is 20.3. The lowest BCUT2D eigenvalue weighted by Gasteiger charge is -2.58. The van der Waals surface area contributed by atoms with Crippen LogP contribution in [0.15, 0.2) is 11.6 Å². The summed E-state index contributed by atoms with van der Waals surface area (Å²) in [6.45, 7) is 14.5. The topological polar surface area (TPSA) is 9.23 Å². The Balaban J connectivity index is 1.47. The van der Waals surface area contributed by atoms with Gasteiger partial charge in [0.15, 0.2) is 0 Å². The fourth-order valence-corrected chi connectivity index (χ4v) is 8.48. The number of fused-ring (bicyclic) bond motifs is 5. The maximum atomic E-state index is 6.23. The second-order valence-electron chi connectivity index (χ2n) is 12.5. The van der Waals surface area contributed by atoms with Gasteiger partial charge in [-0.3, -0.25) is 0 Å². The Hall–Kier alpha value is -0.300. The lowest BCUT2D eigenvalue weighted by atomic mass is 9.47. The normalized spacial score (nSPS) is 44.4. The number of ether oxygens (including phenoxy) is 1. The highest BCUT2D eigenvalue weighted by Gasteiger charge is 2.58. The average Bonchev–Trinajstić information content (AvgIpc) is 2.98. The van der Waals surface area contributed by atoms with E-state index in [4.69, 9.17) is 4.74 Å². The summed E-state index contributed by atoms with van der Waals surface area (Å²) in [4.78, 5) is 0. The minimum absolute atomic E-state index is 0.364.